The molecular formula is C68H131NO8P+. The highest BCUT2D eigenvalue weighted by molar-refractivity contribution is 7.47. The molecule has 9 nitrogen and oxygen atoms in total. The summed E-state index contributed by atoms with van der Waals surface area (Å²) in [6.45, 7) is 4.49. The van der Waals surface area contributed by atoms with Gasteiger partial charge in [0.2, 0.25) is 0 Å². The van der Waals surface area contributed by atoms with E-state index in [2.05, 4.69) is 50.3 Å². The normalized spacial score (nSPS) is 13.4. The van der Waals surface area contributed by atoms with E-state index < -0.39 is 26.5 Å². The first kappa shape index (κ1) is 76.2. The molecule has 0 saturated heterocycles. The molecule has 0 saturated carbocycles. The van der Waals surface area contributed by atoms with Crippen molar-refractivity contribution in [2.45, 2.75) is 341 Å². The fourth-order valence-corrected chi connectivity index (χ4v) is 10.7. The van der Waals surface area contributed by atoms with Crippen LogP contribution in [0.5, 0.6) is 0 Å². The van der Waals surface area contributed by atoms with Gasteiger partial charge in [0.05, 0.1) is 27.7 Å². The zero-order chi connectivity index (χ0) is 57.0. The summed E-state index contributed by atoms with van der Waals surface area (Å²) >= 11 is 0. The minimum Gasteiger partial charge on any atom is -0.462 e. The van der Waals surface area contributed by atoms with Gasteiger partial charge in [0.25, 0.3) is 0 Å². The van der Waals surface area contributed by atoms with Crippen LogP contribution in [0.1, 0.15) is 335 Å². The van der Waals surface area contributed by atoms with Crippen LogP contribution < -0.4 is 0 Å². The molecule has 0 amide bonds. The number of quaternary nitrogens is 1. The third-order valence-corrected chi connectivity index (χ3v) is 16.2. The lowest BCUT2D eigenvalue weighted by molar-refractivity contribution is -0.870. The molecule has 2 unspecified atom stereocenters. The molecule has 0 aromatic rings. The van der Waals surface area contributed by atoms with Crippen molar-refractivity contribution in [1.82, 2.24) is 0 Å². The van der Waals surface area contributed by atoms with Gasteiger partial charge in [0.15, 0.2) is 6.10 Å². The third-order valence-electron chi connectivity index (χ3n) is 15.2. The minimum absolute atomic E-state index is 0.0348. The van der Waals surface area contributed by atoms with E-state index in [1.165, 1.54) is 257 Å². The predicted molar refractivity (Wildman–Crippen MR) is 335 cm³/mol. The van der Waals surface area contributed by atoms with Crippen molar-refractivity contribution < 1.29 is 42.1 Å². The molecule has 10 heteroatoms. The van der Waals surface area contributed by atoms with Crippen LogP contribution in [-0.2, 0) is 32.7 Å². The highest BCUT2D eigenvalue weighted by atomic mass is 31.2. The third kappa shape index (κ3) is 63.4. The summed E-state index contributed by atoms with van der Waals surface area (Å²) in [7, 11) is 1.50. The number of unbranched alkanes of at least 4 members (excludes halogenated alkanes) is 43. The smallest absolute Gasteiger partial charge is 0.462 e. The molecule has 0 bridgehead atoms. The summed E-state index contributed by atoms with van der Waals surface area (Å²) in [6.07, 6.45) is 75.3. The molecule has 1 N–H and O–H groups in total. The highest BCUT2D eigenvalue weighted by Gasteiger charge is 2.27. The number of rotatable bonds is 63. The van der Waals surface area contributed by atoms with E-state index in [0.29, 0.717) is 23.9 Å². The Balaban J connectivity index is 4.00. The highest BCUT2D eigenvalue weighted by Crippen LogP contribution is 2.43. The van der Waals surface area contributed by atoms with Crippen LogP contribution in [0.3, 0.4) is 0 Å². The largest absolute Gasteiger partial charge is 0.472 e. The fourth-order valence-electron chi connectivity index (χ4n) is 9.97. The van der Waals surface area contributed by atoms with E-state index in [1.807, 2.05) is 21.1 Å². The monoisotopic (exact) mass is 1120 g/mol. The zero-order valence-electron chi connectivity index (χ0n) is 52.4. The number of carbonyl (C=O) groups excluding carboxylic acids is 2. The van der Waals surface area contributed by atoms with Crippen LogP contribution in [0.4, 0.5) is 0 Å². The number of ether oxygens (including phenoxy) is 2. The van der Waals surface area contributed by atoms with Crippen molar-refractivity contribution in [1.29, 1.82) is 0 Å². The van der Waals surface area contributed by atoms with Crippen LogP contribution in [0.15, 0.2) is 36.5 Å². The van der Waals surface area contributed by atoms with E-state index in [1.54, 1.807) is 0 Å². The average Bonchev–Trinajstić information content (AvgIpc) is 3.41. The molecule has 2 atom stereocenters. The van der Waals surface area contributed by atoms with E-state index in [-0.39, 0.29) is 25.6 Å². The molecule has 0 rings (SSSR count). The first-order valence-corrected chi connectivity index (χ1v) is 35.2. The van der Waals surface area contributed by atoms with Gasteiger partial charge in [-0.2, -0.15) is 0 Å². The summed E-state index contributed by atoms with van der Waals surface area (Å²) in [5.74, 6) is -0.776. The maximum absolute atomic E-state index is 12.9. The summed E-state index contributed by atoms with van der Waals surface area (Å²) in [4.78, 5) is 35.8. The second kappa shape index (κ2) is 59.8. The number of phosphoric acid groups is 1. The second-order valence-corrected chi connectivity index (χ2v) is 25.7. The molecule has 0 aromatic carbocycles. The predicted octanol–water partition coefficient (Wildman–Crippen LogP) is 21.5. The Morgan fingerprint density at radius 2 is 0.692 bits per heavy atom. The quantitative estimate of drug-likeness (QED) is 0.0211. The maximum Gasteiger partial charge on any atom is 0.472 e. The topological polar surface area (TPSA) is 108 Å². The van der Waals surface area contributed by atoms with Crippen molar-refractivity contribution in [3.05, 3.63) is 36.5 Å². The lowest BCUT2D eigenvalue weighted by Crippen LogP contribution is -2.37. The van der Waals surface area contributed by atoms with Gasteiger partial charge in [-0.1, -0.05) is 307 Å². The van der Waals surface area contributed by atoms with E-state index in [9.17, 15) is 19.0 Å². The van der Waals surface area contributed by atoms with Crippen LogP contribution in [0.2, 0.25) is 0 Å². The molecule has 460 valence electrons. The summed E-state index contributed by atoms with van der Waals surface area (Å²) in [5, 5.41) is 0. The van der Waals surface area contributed by atoms with E-state index >= 15 is 0 Å². The maximum atomic E-state index is 12.9. The summed E-state index contributed by atoms with van der Waals surface area (Å²) < 4.78 is 34.7. The van der Waals surface area contributed by atoms with E-state index in [0.717, 1.165) is 44.9 Å². The molecule has 0 heterocycles. The molecule has 0 aromatic heterocycles. The second-order valence-electron chi connectivity index (χ2n) is 24.2. The zero-order valence-corrected chi connectivity index (χ0v) is 53.3. The van der Waals surface area contributed by atoms with Crippen molar-refractivity contribution in [2.75, 3.05) is 47.5 Å². The first-order chi connectivity index (χ1) is 38.0. The molecule has 0 spiro atoms. The minimum atomic E-state index is -4.39. The molecule has 0 fully saturated rings. The Kier molecular flexibility index (Phi) is 58.5. The van der Waals surface area contributed by atoms with E-state index in [4.69, 9.17) is 18.5 Å². The Labute approximate surface area is 484 Å². The van der Waals surface area contributed by atoms with Gasteiger partial charge in [0, 0.05) is 12.8 Å². The number of hydrogen-bond acceptors (Lipinski definition) is 7. The lowest BCUT2D eigenvalue weighted by atomic mass is 10.0. The number of nitrogens with zero attached hydrogens (tertiary/aromatic N) is 1. The van der Waals surface area contributed by atoms with Crippen molar-refractivity contribution in [3.8, 4) is 0 Å². The van der Waals surface area contributed by atoms with Gasteiger partial charge >= 0.3 is 19.8 Å². The average molecular weight is 1120 g/mol. The van der Waals surface area contributed by atoms with Crippen molar-refractivity contribution in [2.24, 2.45) is 0 Å². The molecule has 0 aliphatic carbocycles. The SMILES string of the molecule is CCCCCCC/C=C\C/C=C\C/C=C\CCCCCCCCCCCCCCCCCCCCC(=O)OC(COC(=O)CCCCCCCCCCCCCCCCCCCCCCC)COP(=O)(O)OCC[N+](C)(C)C. The van der Waals surface area contributed by atoms with Gasteiger partial charge in [-0.3, -0.25) is 18.6 Å². The van der Waals surface area contributed by atoms with Crippen LogP contribution in [0.25, 0.3) is 0 Å². The molecular weight excluding hydrogens is 990 g/mol. The van der Waals surface area contributed by atoms with Crippen LogP contribution in [0, 0.1) is 0 Å². The number of phosphoric ester groups is 1. The number of esters is 2. The van der Waals surface area contributed by atoms with Crippen LogP contribution in [-0.4, -0.2) is 74.9 Å². The molecule has 0 aliphatic heterocycles. The van der Waals surface area contributed by atoms with Gasteiger partial charge in [-0.05, 0) is 51.4 Å². The van der Waals surface area contributed by atoms with Crippen molar-refractivity contribution >= 4 is 19.8 Å². The number of likely N-dealkylation sites (N-methyl/N-ethyl adjacent to an activating group) is 1. The Morgan fingerprint density at radius 1 is 0.397 bits per heavy atom. The van der Waals surface area contributed by atoms with Gasteiger partial charge in [0.1, 0.15) is 19.8 Å². The van der Waals surface area contributed by atoms with Crippen LogP contribution >= 0.6 is 7.82 Å². The Morgan fingerprint density at radius 3 is 1.03 bits per heavy atom. The Hall–Kier alpha value is -1.77. The summed E-state index contributed by atoms with van der Waals surface area (Å²) in [5.41, 5.74) is 0. The van der Waals surface area contributed by atoms with Gasteiger partial charge < -0.3 is 18.9 Å². The first-order valence-electron chi connectivity index (χ1n) is 33.7. The number of allylic oxidation sites excluding steroid dienone is 6. The van der Waals surface area contributed by atoms with Gasteiger partial charge in [-0.25, -0.2) is 4.57 Å². The van der Waals surface area contributed by atoms with Crippen molar-refractivity contribution in [3.63, 3.8) is 0 Å². The number of hydrogen-bond donors (Lipinski definition) is 1. The molecule has 0 aliphatic rings. The molecule has 78 heavy (non-hydrogen) atoms. The fraction of sp³-hybridized carbons (Fsp3) is 0.882. The van der Waals surface area contributed by atoms with Gasteiger partial charge in [-0.15, -0.1) is 0 Å². The molecule has 0 radical (unpaired) electrons. The lowest BCUT2D eigenvalue weighted by Gasteiger charge is -2.24. The summed E-state index contributed by atoms with van der Waals surface area (Å²) in [6, 6.07) is 0. The Bertz CT molecular complexity index is 1410. The standard InChI is InChI=1S/C68H130NO8P/c1-6-8-10-12-14-16-18-20-22-24-26-28-29-30-31-32-33-34-35-36-37-38-39-41-43-45-47-49-51-53-55-57-59-61-68(71)77-66(65-76-78(72,73)75-63-62-69(3,4)5)64-74-67(70)60-58-56-54-52-50-48-46-44-42-40-27-25-23-21-19-17-15-13-11-9-7-2/h18,20,24,26,29-30,66H,6-17,19,21-23,25,27-28,31-65H2,1-5H3/p+1/b20-18-,26-24-,30-29-. The number of carbonyl (C=O) groups is 2.